The quantitative estimate of drug-likeness (QED) is 0.589. The Labute approximate surface area is 148 Å². The third kappa shape index (κ3) is 3.27. The summed E-state index contributed by atoms with van der Waals surface area (Å²) in [6, 6.07) is 5.51. The normalized spacial score (nSPS) is 19.5. The lowest BCUT2D eigenvalue weighted by Gasteiger charge is -2.32. The van der Waals surface area contributed by atoms with Crippen molar-refractivity contribution in [2.24, 2.45) is 0 Å². The van der Waals surface area contributed by atoms with Crippen LogP contribution in [-0.4, -0.2) is 31.3 Å². The second-order valence-electron chi connectivity index (χ2n) is 6.31. The standard InChI is InChI=1S/C15H20BBr2NO3/c1-14(2)15(3,4)22-16(21-14)11-7-6-9(13(20)19-5)8-10(11)12(17)18/h6-8,12H,1-5H3,(H,19,20). The molecule has 1 aliphatic heterocycles. The summed E-state index contributed by atoms with van der Waals surface area (Å²) in [5, 5.41) is 2.63. The molecule has 0 atom stereocenters. The molecule has 2 rings (SSSR count). The zero-order valence-corrected chi connectivity index (χ0v) is 16.5. The Morgan fingerprint density at radius 3 is 2.18 bits per heavy atom. The Morgan fingerprint density at radius 2 is 1.73 bits per heavy atom. The highest BCUT2D eigenvalue weighted by Crippen LogP contribution is 2.38. The molecule has 1 N–H and O–H groups in total. The van der Waals surface area contributed by atoms with Gasteiger partial charge in [0.05, 0.1) is 14.9 Å². The van der Waals surface area contributed by atoms with Crippen LogP contribution < -0.4 is 10.8 Å². The lowest BCUT2D eigenvalue weighted by Crippen LogP contribution is -2.41. The fraction of sp³-hybridized carbons (Fsp3) is 0.533. The Kier molecular flexibility index (Phi) is 5.12. The summed E-state index contributed by atoms with van der Waals surface area (Å²) in [4.78, 5) is 11.8. The highest BCUT2D eigenvalue weighted by atomic mass is 79.9. The molecule has 1 aliphatic rings. The van der Waals surface area contributed by atoms with Crippen molar-refractivity contribution in [3.8, 4) is 0 Å². The number of nitrogens with one attached hydrogen (secondary N) is 1. The molecule has 0 bridgehead atoms. The molecule has 0 radical (unpaired) electrons. The van der Waals surface area contributed by atoms with E-state index in [9.17, 15) is 4.79 Å². The van der Waals surface area contributed by atoms with Crippen LogP contribution in [0.1, 0.15) is 47.4 Å². The Morgan fingerprint density at radius 1 is 1.18 bits per heavy atom. The molecule has 0 unspecified atom stereocenters. The SMILES string of the molecule is CNC(=O)c1ccc(B2OC(C)(C)C(C)(C)O2)c(C(Br)Br)c1. The molecule has 120 valence electrons. The summed E-state index contributed by atoms with van der Waals surface area (Å²) in [5.41, 5.74) is 1.62. The van der Waals surface area contributed by atoms with Crippen LogP contribution >= 0.6 is 31.9 Å². The van der Waals surface area contributed by atoms with Gasteiger partial charge in [-0.3, -0.25) is 4.79 Å². The van der Waals surface area contributed by atoms with Crippen LogP contribution in [0.25, 0.3) is 0 Å². The third-order valence-corrected chi connectivity index (χ3v) is 5.30. The number of alkyl halides is 2. The van der Waals surface area contributed by atoms with E-state index >= 15 is 0 Å². The fourth-order valence-corrected chi connectivity index (χ4v) is 3.03. The minimum Gasteiger partial charge on any atom is -0.399 e. The Balaban J connectivity index is 2.42. The van der Waals surface area contributed by atoms with Crippen LogP contribution in [0.4, 0.5) is 0 Å². The summed E-state index contributed by atoms with van der Waals surface area (Å²) < 4.78 is 12.1. The van der Waals surface area contributed by atoms with Crippen molar-refractivity contribution in [3.63, 3.8) is 0 Å². The maximum absolute atomic E-state index is 11.8. The highest BCUT2D eigenvalue weighted by molar-refractivity contribution is 9.24. The van der Waals surface area contributed by atoms with Gasteiger partial charge in [-0.25, -0.2) is 0 Å². The summed E-state index contributed by atoms with van der Waals surface area (Å²) in [6.45, 7) is 8.08. The van der Waals surface area contributed by atoms with Gasteiger partial charge in [0.25, 0.3) is 5.91 Å². The van der Waals surface area contributed by atoms with Crippen LogP contribution in [0.5, 0.6) is 0 Å². The highest BCUT2D eigenvalue weighted by Gasteiger charge is 2.52. The van der Waals surface area contributed by atoms with E-state index in [1.807, 2.05) is 39.8 Å². The van der Waals surface area contributed by atoms with E-state index in [2.05, 4.69) is 37.2 Å². The molecule has 1 aromatic carbocycles. The molecule has 7 heteroatoms. The smallest absolute Gasteiger partial charge is 0.399 e. The molecule has 22 heavy (non-hydrogen) atoms. The minimum absolute atomic E-state index is 0.0985. The molecule has 0 aromatic heterocycles. The molecule has 1 saturated heterocycles. The zero-order valence-electron chi connectivity index (χ0n) is 13.4. The average Bonchev–Trinajstić information content (AvgIpc) is 2.65. The van der Waals surface area contributed by atoms with Crippen molar-refractivity contribution in [1.29, 1.82) is 0 Å². The van der Waals surface area contributed by atoms with Gasteiger partial charge in [0.15, 0.2) is 0 Å². The lowest BCUT2D eigenvalue weighted by molar-refractivity contribution is 0.00578. The first-order valence-electron chi connectivity index (χ1n) is 7.09. The number of halogens is 2. The third-order valence-electron chi connectivity index (χ3n) is 4.32. The number of hydrogen-bond acceptors (Lipinski definition) is 3. The maximum Gasteiger partial charge on any atom is 0.495 e. The second-order valence-corrected chi connectivity index (χ2v) is 9.37. The van der Waals surface area contributed by atoms with Crippen molar-refractivity contribution in [2.45, 2.75) is 42.6 Å². The topological polar surface area (TPSA) is 47.6 Å². The van der Waals surface area contributed by atoms with E-state index in [1.54, 1.807) is 13.1 Å². The summed E-state index contributed by atoms with van der Waals surface area (Å²) in [7, 11) is 1.15. The molecule has 0 spiro atoms. The maximum atomic E-state index is 11.8. The van der Waals surface area contributed by atoms with Crippen molar-refractivity contribution in [3.05, 3.63) is 29.3 Å². The number of amides is 1. The Bertz CT molecular complexity index is 574. The number of carbonyl (C=O) groups excluding carboxylic acids is 1. The van der Waals surface area contributed by atoms with Gasteiger partial charge in [-0.05, 0) is 50.9 Å². The van der Waals surface area contributed by atoms with E-state index in [-0.39, 0.29) is 9.64 Å². The number of hydrogen-bond donors (Lipinski definition) is 1. The van der Waals surface area contributed by atoms with Crippen LogP contribution in [0, 0.1) is 0 Å². The van der Waals surface area contributed by atoms with Crippen LogP contribution in [0.15, 0.2) is 18.2 Å². The molecule has 1 amide bonds. The van der Waals surface area contributed by atoms with Gasteiger partial charge in [0.1, 0.15) is 0 Å². The van der Waals surface area contributed by atoms with Gasteiger partial charge in [-0.1, -0.05) is 37.9 Å². The van der Waals surface area contributed by atoms with Crippen molar-refractivity contribution in [2.75, 3.05) is 7.05 Å². The Hall–Kier alpha value is -0.365. The largest absolute Gasteiger partial charge is 0.495 e. The molecule has 0 saturated carbocycles. The summed E-state index contributed by atoms with van der Waals surface area (Å²) in [5.74, 6) is -0.123. The van der Waals surface area contributed by atoms with Crippen LogP contribution in [-0.2, 0) is 9.31 Å². The van der Waals surface area contributed by atoms with E-state index in [0.29, 0.717) is 5.56 Å². The van der Waals surface area contributed by atoms with Gasteiger partial charge in [-0.2, -0.15) is 0 Å². The minimum atomic E-state index is -0.462. The molecule has 1 heterocycles. The number of rotatable bonds is 3. The first-order chi connectivity index (χ1) is 10.1. The predicted molar refractivity (Wildman–Crippen MR) is 96.1 cm³/mol. The first-order valence-corrected chi connectivity index (χ1v) is 8.92. The van der Waals surface area contributed by atoms with E-state index in [0.717, 1.165) is 11.0 Å². The summed E-state index contributed by atoms with van der Waals surface area (Å²) in [6.07, 6.45) is 0. The molecule has 4 nitrogen and oxygen atoms in total. The lowest BCUT2D eigenvalue weighted by atomic mass is 9.76. The van der Waals surface area contributed by atoms with Crippen molar-refractivity contribution < 1.29 is 14.1 Å². The van der Waals surface area contributed by atoms with E-state index in [1.165, 1.54) is 0 Å². The van der Waals surface area contributed by atoms with Crippen molar-refractivity contribution in [1.82, 2.24) is 5.32 Å². The fourth-order valence-electron chi connectivity index (χ4n) is 2.23. The number of carbonyl (C=O) groups is 1. The van der Waals surface area contributed by atoms with Gasteiger partial charge < -0.3 is 14.6 Å². The summed E-state index contributed by atoms with van der Waals surface area (Å²) >= 11 is 7.03. The number of benzene rings is 1. The van der Waals surface area contributed by atoms with Gasteiger partial charge in [0.2, 0.25) is 0 Å². The molecule has 1 fully saturated rings. The molecular formula is C15H20BBr2NO3. The van der Waals surface area contributed by atoms with Gasteiger partial charge in [-0.15, -0.1) is 0 Å². The molecule has 0 aliphatic carbocycles. The van der Waals surface area contributed by atoms with Gasteiger partial charge >= 0.3 is 7.12 Å². The van der Waals surface area contributed by atoms with Crippen LogP contribution in [0.3, 0.4) is 0 Å². The van der Waals surface area contributed by atoms with Crippen molar-refractivity contribution >= 4 is 50.3 Å². The van der Waals surface area contributed by atoms with Crippen LogP contribution in [0.2, 0.25) is 0 Å². The monoisotopic (exact) mass is 431 g/mol. The zero-order chi connectivity index (χ0) is 16.7. The van der Waals surface area contributed by atoms with Gasteiger partial charge in [0, 0.05) is 12.6 Å². The molecule has 1 aromatic rings. The van der Waals surface area contributed by atoms with E-state index < -0.39 is 18.3 Å². The predicted octanol–water partition coefficient (Wildman–Crippen LogP) is 3.13. The average molecular weight is 433 g/mol. The first kappa shape index (κ1) is 18.0. The second kappa shape index (κ2) is 6.26. The van der Waals surface area contributed by atoms with E-state index in [4.69, 9.17) is 9.31 Å². The molecular weight excluding hydrogens is 413 g/mol.